The number of hydrogen-bond acceptors (Lipinski definition) is 2. The fourth-order valence-corrected chi connectivity index (χ4v) is 2.75. The van der Waals surface area contributed by atoms with E-state index in [0.717, 1.165) is 26.3 Å². The van der Waals surface area contributed by atoms with Gasteiger partial charge in [0.25, 0.3) is 0 Å². The van der Waals surface area contributed by atoms with Gasteiger partial charge in [0.1, 0.15) is 0 Å². The minimum Gasteiger partial charge on any atom is -0.378 e. The third kappa shape index (κ3) is 3.12. The first-order chi connectivity index (χ1) is 7.98. The smallest absolute Gasteiger partial charge is 0.0642 e. The summed E-state index contributed by atoms with van der Waals surface area (Å²) in [5, 5.41) is 0. The highest BCUT2D eigenvalue weighted by atomic mass is 16.5. The molecule has 2 nitrogen and oxygen atoms in total. The Morgan fingerprint density at radius 2 is 1.82 bits per heavy atom. The van der Waals surface area contributed by atoms with Crippen molar-refractivity contribution in [1.82, 2.24) is 4.90 Å². The van der Waals surface area contributed by atoms with E-state index in [4.69, 9.17) is 4.74 Å². The van der Waals surface area contributed by atoms with Crippen molar-refractivity contribution >= 4 is 0 Å². The number of nitrogens with zero attached hydrogens (tertiary/aromatic N) is 1. The average Bonchev–Trinajstić information content (AvgIpc) is 2.28. The number of ether oxygens (including phenoxy) is 1. The van der Waals surface area contributed by atoms with Crippen LogP contribution in [0.5, 0.6) is 0 Å². The molecule has 96 valence electrons. The van der Waals surface area contributed by atoms with E-state index in [0.29, 0.717) is 5.41 Å². The summed E-state index contributed by atoms with van der Waals surface area (Å²) in [5.74, 6) is 0. The molecule has 0 aromatic heterocycles. The first-order valence-corrected chi connectivity index (χ1v) is 6.67. The summed E-state index contributed by atoms with van der Waals surface area (Å²) in [5.41, 5.74) is 4.90. The van der Waals surface area contributed by atoms with Gasteiger partial charge in [-0.2, -0.15) is 0 Å². The standard InChI is InChI=1S/C15H25NO/c1-12(2)13-9-14(11-15(3,4)10-13)16-5-7-17-8-6-16/h9H,5-8,10-11H2,1-4H3. The van der Waals surface area contributed by atoms with Crippen molar-refractivity contribution in [3.8, 4) is 0 Å². The maximum absolute atomic E-state index is 5.44. The SMILES string of the molecule is CC(C)=C1C=C(N2CCOCC2)CC(C)(C)C1. The van der Waals surface area contributed by atoms with Gasteiger partial charge in [0, 0.05) is 18.8 Å². The third-order valence-corrected chi connectivity index (χ3v) is 3.73. The van der Waals surface area contributed by atoms with Crippen LogP contribution in [0.3, 0.4) is 0 Å². The average molecular weight is 235 g/mol. The minimum atomic E-state index is 0.398. The van der Waals surface area contributed by atoms with Crippen LogP contribution < -0.4 is 0 Å². The van der Waals surface area contributed by atoms with E-state index in [1.807, 2.05) is 0 Å². The predicted octanol–water partition coefficient (Wildman–Crippen LogP) is 3.36. The summed E-state index contributed by atoms with van der Waals surface area (Å²) < 4.78 is 5.44. The summed E-state index contributed by atoms with van der Waals surface area (Å²) in [6, 6.07) is 0. The molecule has 0 aromatic carbocycles. The van der Waals surface area contributed by atoms with Crippen LogP contribution in [0.4, 0.5) is 0 Å². The second-order valence-corrected chi connectivity index (χ2v) is 6.28. The van der Waals surface area contributed by atoms with E-state index in [1.54, 1.807) is 0 Å². The Kier molecular flexibility index (Phi) is 3.62. The Hall–Kier alpha value is -0.760. The molecule has 0 N–H and O–H groups in total. The first-order valence-electron chi connectivity index (χ1n) is 6.67. The van der Waals surface area contributed by atoms with Crippen LogP contribution >= 0.6 is 0 Å². The highest BCUT2D eigenvalue weighted by Gasteiger charge is 2.28. The molecule has 0 saturated carbocycles. The summed E-state index contributed by atoms with van der Waals surface area (Å²) in [6.07, 6.45) is 4.83. The fourth-order valence-electron chi connectivity index (χ4n) is 2.75. The molecule has 0 aromatic rings. The van der Waals surface area contributed by atoms with Crippen molar-refractivity contribution in [3.63, 3.8) is 0 Å². The number of morpholine rings is 1. The van der Waals surface area contributed by atoms with Crippen LogP contribution in [0.15, 0.2) is 22.9 Å². The van der Waals surface area contributed by atoms with Gasteiger partial charge in [-0.25, -0.2) is 0 Å². The van der Waals surface area contributed by atoms with Crippen LogP contribution in [-0.4, -0.2) is 31.2 Å². The molecule has 1 heterocycles. The molecule has 0 atom stereocenters. The monoisotopic (exact) mass is 235 g/mol. The van der Waals surface area contributed by atoms with E-state index in [-0.39, 0.29) is 0 Å². The molecule has 0 bridgehead atoms. The zero-order valence-corrected chi connectivity index (χ0v) is 11.7. The van der Waals surface area contributed by atoms with E-state index >= 15 is 0 Å². The molecule has 1 aliphatic heterocycles. The van der Waals surface area contributed by atoms with Gasteiger partial charge in [-0.3, -0.25) is 0 Å². The van der Waals surface area contributed by atoms with Crippen LogP contribution in [-0.2, 0) is 4.74 Å². The molecule has 1 saturated heterocycles. The van der Waals surface area contributed by atoms with Gasteiger partial charge < -0.3 is 9.64 Å². The maximum Gasteiger partial charge on any atom is 0.0642 e. The molecular weight excluding hydrogens is 210 g/mol. The normalized spacial score (nSPS) is 24.6. The lowest BCUT2D eigenvalue weighted by Gasteiger charge is -2.39. The van der Waals surface area contributed by atoms with E-state index in [9.17, 15) is 0 Å². The van der Waals surface area contributed by atoms with Crippen LogP contribution in [0.2, 0.25) is 0 Å². The van der Waals surface area contributed by atoms with Gasteiger partial charge in [0.05, 0.1) is 13.2 Å². The lowest BCUT2D eigenvalue weighted by molar-refractivity contribution is 0.0485. The van der Waals surface area contributed by atoms with Crippen LogP contribution in [0, 0.1) is 5.41 Å². The van der Waals surface area contributed by atoms with Crippen molar-refractivity contribution in [2.45, 2.75) is 40.5 Å². The van der Waals surface area contributed by atoms with Crippen LogP contribution in [0.25, 0.3) is 0 Å². The Labute approximate surface area is 105 Å². The van der Waals surface area contributed by atoms with Gasteiger partial charge in [-0.05, 0) is 43.8 Å². The second-order valence-electron chi connectivity index (χ2n) is 6.28. The predicted molar refractivity (Wildman–Crippen MR) is 71.9 cm³/mol. The van der Waals surface area contributed by atoms with E-state index < -0.39 is 0 Å². The Morgan fingerprint density at radius 3 is 2.41 bits per heavy atom. The zero-order valence-electron chi connectivity index (χ0n) is 11.7. The Balaban J connectivity index is 2.22. The Morgan fingerprint density at radius 1 is 1.18 bits per heavy atom. The van der Waals surface area contributed by atoms with E-state index in [2.05, 4.69) is 38.7 Å². The van der Waals surface area contributed by atoms with Gasteiger partial charge in [-0.15, -0.1) is 0 Å². The lowest BCUT2D eigenvalue weighted by atomic mass is 9.76. The molecule has 2 rings (SSSR count). The molecule has 1 fully saturated rings. The zero-order chi connectivity index (χ0) is 12.5. The summed E-state index contributed by atoms with van der Waals surface area (Å²) in [4.78, 5) is 2.51. The fraction of sp³-hybridized carbons (Fsp3) is 0.733. The molecule has 0 spiro atoms. The third-order valence-electron chi connectivity index (χ3n) is 3.73. The van der Waals surface area contributed by atoms with Crippen molar-refractivity contribution in [2.24, 2.45) is 5.41 Å². The first kappa shape index (κ1) is 12.7. The molecular formula is C15H25NO. The largest absolute Gasteiger partial charge is 0.378 e. The minimum absolute atomic E-state index is 0.398. The van der Waals surface area contributed by atoms with Gasteiger partial charge in [0.15, 0.2) is 0 Å². The number of hydrogen-bond donors (Lipinski definition) is 0. The number of rotatable bonds is 1. The highest BCUT2D eigenvalue weighted by molar-refractivity contribution is 5.32. The summed E-state index contributed by atoms with van der Waals surface area (Å²) in [7, 11) is 0. The van der Waals surface area contributed by atoms with Gasteiger partial charge >= 0.3 is 0 Å². The molecule has 0 radical (unpaired) electrons. The maximum atomic E-state index is 5.44. The molecule has 1 aliphatic carbocycles. The summed E-state index contributed by atoms with van der Waals surface area (Å²) in [6.45, 7) is 13.1. The molecule has 2 aliphatic rings. The Bertz CT molecular complexity index is 342. The molecule has 0 unspecified atom stereocenters. The molecule has 17 heavy (non-hydrogen) atoms. The topological polar surface area (TPSA) is 12.5 Å². The quantitative estimate of drug-likeness (QED) is 0.691. The van der Waals surface area contributed by atoms with Gasteiger partial charge in [-0.1, -0.05) is 19.4 Å². The van der Waals surface area contributed by atoms with Crippen molar-refractivity contribution < 1.29 is 4.74 Å². The van der Waals surface area contributed by atoms with Crippen LogP contribution in [0.1, 0.15) is 40.5 Å². The van der Waals surface area contributed by atoms with Crippen molar-refractivity contribution in [3.05, 3.63) is 22.9 Å². The lowest BCUT2D eigenvalue weighted by Crippen LogP contribution is -2.38. The van der Waals surface area contributed by atoms with Gasteiger partial charge in [0.2, 0.25) is 0 Å². The highest BCUT2D eigenvalue weighted by Crippen LogP contribution is 2.40. The van der Waals surface area contributed by atoms with Crippen molar-refractivity contribution in [1.29, 1.82) is 0 Å². The molecule has 0 amide bonds. The number of allylic oxidation sites excluding steroid dienone is 4. The van der Waals surface area contributed by atoms with E-state index in [1.165, 1.54) is 29.7 Å². The second kappa shape index (κ2) is 4.85. The summed E-state index contributed by atoms with van der Waals surface area (Å²) >= 11 is 0. The molecule has 2 heteroatoms. The van der Waals surface area contributed by atoms with Crippen molar-refractivity contribution in [2.75, 3.05) is 26.3 Å².